The van der Waals surface area contributed by atoms with Crippen LogP contribution in [0, 0.1) is 5.92 Å². The van der Waals surface area contributed by atoms with E-state index in [-0.39, 0.29) is 5.57 Å². The minimum atomic E-state index is -1.30. The average molecular weight is 182 g/mol. The highest BCUT2D eigenvalue weighted by Gasteiger charge is 2.15. The fourth-order valence-electron chi connectivity index (χ4n) is 0.784. The average Bonchev–Trinajstić information content (AvgIpc) is 2.04. The summed E-state index contributed by atoms with van der Waals surface area (Å²) in [5.74, 6) is -3.23. The fourth-order valence-corrected chi connectivity index (χ4v) is 0.784. The van der Waals surface area contributed by atoms with Crippen molar-refractivity contribution in [3.8, 4) is 0 Å². The molecule has 0 radical (unpaired) electrons. The standard InChI is InChI=1S/C9H10O4/c1-3-6(4-2)7(9(12)13)5-8(10)11/h3-6H,1-2H2,(H,10,11)(H,12,13). The van der Waals surface area contributed by atoms with Crippen LogP contribution in [0.25, 0.3) is 0 Å². The van der Waals surface area contributed by atoms with Gasteiger partial charge < -0.3 is 10.2 Å². The van der Waals surface area contributed by atoms with E-state index in [1.807, 2.05) is 0 Å². The van der Waals surface area contributed by atoms with Crippen molar-refractivity contribution >= 4 is 11.9 Å². The molecule has 0 saturated heterocycles. The molecule has 0 unspecified atom stereocenters. The first-order valence-corrected chi connectivity index (χ1v) is 3.45. The first kappa shape index (κ1) is 11.2. The summed E-state index contributed by atoms with van der Waals surface area (Å²) in [5.41, 5.74) is -0.252. The SMILES string of the molecule is C=CC(C=C)C(=CC(=O)O)C(=O)O. The second-order valence-electron chi connectivity index (χ2n) is 2.24. The van der Waals surface area contributed by atoms with E-state index in [4.69, 9.17) is 10.2 Å². The molecule has 0 aromatic rings. The van der Waals surface area contributed by atoms with Crippen molar-refractivity contribution in [2.75, 3.05) is 0 Å². The van der Waals surface area contributed by atoms with Crippen LogP contribution >= 0.6 is 0 Å². The van der Waals surface area contributed by atoms with E-state index < -0.39 is 17.9 Å². The van der Waals surface area contributed by atoms with Gasteiger partial charge in [-0.1, -0.05) is 12.2 Å². The van der Waals surface area contributed by atoms with E-state index in [0.29, 0.717) is 6.08 Å². The molecule has 0 aliphatic heterocycles. The van der Waals surface area contributed by atoms with Crippen LogP contribution in [-0.4, -0.2) is 22.2 Å². The Bertz CT molecular complexity index is 267. The van der Waals surface area contributed by atoms with E-state index in [9.17, 15) is 9.59 Å². The Labute approximate surface area is 75.5 Å². The van der Waals surface area contributed by atoms with Gasteiger partial charge in [-0.15, -0.1) is 13.2 Å². The van der Waals surface area contributed by atoms with Crippen molar-refractivity contribution in [1.29, 1.82) is 0 Å². The summed E-state index contributed by atoms with van der Waals surface area (Å²) in [5, 5.41) is 17.0. The molecule has 4 heteroatoms. The number of hydrogen-bond donors (Lipinski definition) is 2. The molecule has 0 rings (SSSR count). The zero-order valence-corrected chi connectivity index (χ0v) is 6.93. The van der Waals surface area contributed by atoms with Gasteiger partial charge in [-0.3, -0.25) is 0 Å². The predicted molar refractivity (Wildman–Crippen MR) is 47.2 cm³/mol. The Hall–Kier alpha value is -1.84. The monoisotopic (exact) mass is 182 g/mol. The highest BCUT2D eigenvalue weighted by atomic mass is 16.4. The van der Waals surface area contributed by atoms with Gasteiger partial charge in [0, 0.05) is 12.0 Å². The van der Waals surface area contributed by atoms with Crippen LogP contribution in [0.15, 0.2) is 37.0 Å². The van der Waals surface area contributed by atoms with E-state index in [1.165, 1.54) is 12.2 Å². The molecule has 70 valence electrons. The van der Waals surface area contributed by atoms with E-state index in [1.54, 1.807) is 0 Å². The summed E-state index contributed by atoms with van der Waals surface area (Å²) in [4.78, 5) is 20.8. The maximum Gasteiger partial charge on any atom is 0.332 e. The van der Waals surface area contributed by atoms with Gasteiger partial charge in [-0.05, 0) is 0 Å². The molecule has 0 fully saturated rings. The van der Waals surface area contributed by atoms with Crippen LogP contribution in [0.4, 0.5) is 0 Å². The van der Waals surface area contributed by atoms with Crippen LogP contribution in [-0.2, 0) is 9.59 Å². The van der Waals surface area contributed by atoms with E-state index >= 15 is 0 Å². The van der Waals surface area contributed by atoms with E-state index in [0.717, 1.165) is 0 Å². The van der Waals surface area contributed by atoms with Crippen molar-refractivity contribution in [2.24, 2.45) is 5.92 Å². The molecule has 13 heavy (non-hydrogen) atoms. The molecule has 4 nitrogen and oxygen atoms in total. The maximum atomic E-state index is 10.6. The third-order valence-corrected chi connectivity index (χ3v) is 1.39. The quantitative estimate of drug-likeness (QED) is 0.492. The molecule has 0 heterocycles. The van der Waals surface area contributed by atoms with Crippen molar-refractivity contribution in [1.82, 2.24) is 0 Å². The van der Waals surface area contributed by atoms with Gasteiger partial charge in [0.25, 0.3) is 0 Å². The van der Waals surface area contributed by atoms with Gasteiger partial charge in [0.05, 0.1) is 5.57 Å². The zero-order valence-electron chi connectivity index (χ0n) is 6.93. The lowest BCUT2D eigenvalue weighted by molar-refractivity contribution is -0.135. The Kier molecular flexibility index (Phi) is 4.23. The molecular formula is C9H10O4. The molecule has 0 atom stereocenters. The molecule has 0 aromatic heterocycles. The third kappa shape index (κ3) is 3.37. The number of allylic oxidation sites excluding steroid dienone is 2. The number of carboxylic acids is 2. The van der Waals surface area contributed by atoms with Gasteiger partial charge in [-0.25, -0.2) is 9.59 Å². The lowest BCUT2D eigenvalue weighted by Crippen LogP contribution is -2.10. The topological polar surface area (TPSA) is 74.6 Å². The summed E-state index contributed by atoms with van der Waals surface area (Å²) < 4.78 is 0. The van der Waals surface area contributed by atoms with Crippen molar-refractivity contribution in [2.45, 2.75) is 0 Å². The lowest BCUT2D eigenvalue weighted by Gasteiger charge is -2.06. The molecule has 0 aromatic carbocycles. The van der Waals surface area contributed by atoms with Crippen LogP contribution in [0.1, 0.15) is 0 Å². The van der Waals surface area contributed by atoms with Gasteiger partial charge in [-0.2, -0.15) is 0 Å². The van der Waals surface area contributed by atoms with Gasteiger partial charge in [0.1, 0.15) is 0 Å². The summed E-state index contributed by atoms with van der Waals surface area (Å²) in [6.45, 7) is 6.75. The minimum Gasteiger partial charge on any atom is -0.478 e. The number of hydrogen-bond acceptors (Lipinski definition) is 2. The van der Waals surface area contributed by atoms with Crippen molar-refractivity contribution in [3.63, 3.8) is 0 Å². The van der Waals surface area contributed by atoms with Crippen LogP contribution in [0.5, 0.6) is 0 Å². The summed E-state index contributed by atoms with van der Waals surface area (Å²) in [7, 11) is 0. The number of carboxylic acid groups (broad SMARTS) is 2. The Morgan fingerprint density at radius 1 is 1.15 bits per heavy atom. The highest BCUT2D eigenvalue weighted by Crippen LogP contribution is 2.13. The second kappa shape index (κ2) is 4.92. The first-order chi connectivity index (χ1) is 6.02. The molecule has 0 aliphatic rings. The molecule has 0 spiro atoms. The molecule has 2 N–H and O–H groups in total. The molecule has 0 saturated carbocycles. The summed E-state index contributed by atoms with van der Waals surface area (Å²) in [6, 6.07) is 0. The minimum absolute atomic E-state index is 0.252. The van der Waals surface area contributed by atoms with Gasteiger partial charge >= 0.3 is 11.9 Å². The van der Waals surface area contributed by atoms with Crippen LogP contribution in [0.3, 0.4) is 0 Å². The third-order valence-electron chi connectivity index (χ3n) is 1.39. The van der Waals surface area contributed by atoms with Crippen LogP contribution in [0.2, 0.25) is 0 Å². The Morgan fingerprint density at radius 3 is 1.85 bits per heavy atom. The maximum absolute atomic E-state index is 10.6. The molecule has 0 bridgehead atoms. The normalized spacial score (nSPS) is 11.0. The molecule has 0 amide bonds. The molecule has 0 aliphatic carbocycles. The number of aliphatic carboxylic acids is 2. The van der Waals surface area contributed by atoms with Crippen LogP contribution < -0.4 is 0 Å². The highest BCUT2D eigenvalue weighted by molar-refractivity contribution is 5.95. The Morgan fingerprint density at radius 2 is 1.62 bits per heavy atom. The number of rotatable bonds is 5. The van der Waals surface area contributed by atoms with Crippen molar-refractivity contribution < 1.29 is 19.8 Å². The Balaban J connectivity index is 5.00. The van der Waals surface area contributed by atoms with Crippen molar-refractivity contribution in [3.05, 3.63) is 37.0 Å². The first-order valence-electron chi connectivity index (χ1n) is 3.45. The summed E-state index contributed by atoms with van der Waals surface area (Å²) in [6.07, 6.45) is 3.27. The predicted octanol–water partition coefficient (Wildman–Crippen LogP) is 1.07. The largest absolute Gasteiger partial charge is 0.478 e. The smallest absolute Gasteiger partial charge is 0.332 e. The van der Waals surface area contributed by atoms with Gasteiger partial charge in [0.15, 0.2) is 0 Å². The van der Waals surface area contributed by atoms with E-state index in [2.05, 4.69) is 13.2 Å². The summed E-state index contributed by atoms with van der Waals surface area (Å²) >= 11 is 0. The fraction of sp³-hybridized carbons (Fsp3) is 0.111. The van der Waals surface area contributed by atoms with Gasteiger partial charge in [0.2, 0.25) is 0 Å². The number of carbonyl (C=O) groups is 2. The zero-order chi connectivity index (χ0) is 10.4. The lowest BCUT2D eigenvalue weighted by atomic mass is 9.99. The second-order valence-corrected chi connectivity index (χ2v) is 2.24. The molecular weight excluding hydrogens is 172 g/mol.